The number of rotatable bonds is 12. The van der Waals surface area contributed by atoms with Crippen molar-refractivity contribution in [2.24, 2.45) is 10.8 Å². The molecule has 0 spiro atoms. The molecule has 0 aromatic rings. The van der Waals surface area contributed by atoms with Crippen LogP contribution < -0.4 is 0 Å². The van der Waals surface area contributed by atoms with Crippen LogP contribution in [0.2, 0.25) is 0 Å². The summed E-state index contributed by atoms with van der Waals surface area (Å²) in [5, 5.41) is 40.1. The van der Waals surface area contributed by atoms with Gasteiger partial charge in [-0.25, -0.2) is 0 Å². The zero-order chi connectivity index (χ0) is 26.1. The van der Waals surface area contributed by atoms with Gasteiger partial charge in [0.25, 0.3) is 0 Å². The third-order valence-electron chi connectivity index (χ3n) is 8.83. The summed E-state index contributed by atoms with van der Waals surface area (Å²) in [6.07, 6.45) is 11.1. The van der Waals surface area contributed by atoms with Crippen molar-refractivity contribution < 1.29 is 44.1 Å². The van der Waals surface area contributed by atoms with Crippen LogP contribution in [0.25, 0.3) is 0 Å². The maximum Gasteiger partial charge on any atom is 0.215 e. The lowest BCUT2D eigenvalue weighted by Gasteiger charge is -2.47. The van der Waals surface area contributed by atoms with Crippen LogP contribution in [0.5, 0.6) is 0 Å². The van der Waals surface area contributed by atoms with Gasteiger partial charge >= 0.3 is 0 Å². The number of hydrogen-bond donors (Lipinski definition) is 4. The molecular formula is C28H34O9. The minimum absolute atomic E-state index is 0.0794. The van der Waals surface area contributed by atoms with Crippen molar-refractivity contribution in [2.45, 2.75) is 62.0 Å². The van der Waals surface area contributed by atoms with E-state index < -0.39 is 35.0 Å². The molecule has 4 saturated heterocycles. The molecule has 9 nitrogen and oxygen atoms in total. The van der Waals surface area contributed by atoms with E-state index in [-0.39, 0.29) is 38.6 Å². The molecule has 9 heteroatoms. The first kappa shape index (κ1) is 25.4. The standard InChI is InChI=1S/C28H34O9/c1-3-5-17-11-25(15-31,9-7-19(17)13-29)27-21(34-27)23(36-27)33-24-22-28(35-22,37-24)26(16-32)10-8-20(14-30)18(12-26)6-4-2/h3-4,7-10,21-24,29-32H,1-2,5-6,11-16H2. The Morgan fingerprint density at radius 3 is 1.51 bits per heavy atom. The van der Waals surface area contributed by atoms with Crippen molar-refractivity contribution in [1.82, 2.24) is 0 Å². The highest BCUT2D eigenvalue weighted by Gasteiger charge is 2.85. The van der Waals surface area contributed by atoms with E-state index in [1.54, 1.807) is 12.2 Å². The third kappa shape index (κ3) is 3.37. The molecule has 0 aromatic heterocycles. The van der Waals surface area contributed by atoms with E-state index in [1.807, 2.05) is 24.3 Å². The molecule has 2 aliphatic carbocycles. The number of aliphatic hydroxyl groups excluding tert-OH is 4. The molecule has 0 aromatic carbocycles. The first-order chi connectivity index (χ1) is 17.9. The second-order valence-electron chi connectivity index (χ2n) is 10.7. The quantitative estimate of drug-likeness (QED) is 0.226. The van der Waals surface area contributed by atoms with Crippen molar-refractivity contribution in [3.05, 3.63) is 71.9 Å². The van der Waals surface area contributed by atoms with Crippen LogP contribution in [-0.2, 0) is 23.7 Å². The predicted octanol–water partition coefficient (Wildman–Crippen LogP) is 1.51. The Morgan fingerprint density at radius 1 is 0.757 bits per heavy atom. The van der Waals surface area contributed by atoms with E-state index in [2.05, 4.69) is 13.2 Å². The first-order valence-corrected chi connectivity index (χ1v) is 12.7. The van der Waals surface area contributed by atoms with Gasteiger partial charge < -0.3 is 44.1 Å². The van der Waals surface area contributed by atoms with Crippen LogP contribution in [0.15, 0.2) is 71.9 Å². The zero-order valence-electron chi connectivity index (χ0n) is 20.7. The van der Waals surface area contributed by atoms with E-state index >= 15 is 0 Å². The Kier molecular flexibility index (Phi) is 6.04. The highest BCUT2D eigenvalue weighted by molar-refractivity contribution is 5.40. The normalized spacial score (nSPS) is 45.1. The lowest BCUT2D eigenvalue weighted by molar-refractivity contribution is -0.364. The van der Waals surface area contributed by atoms with Gasteiger partial charge in [0, 0.05) is 0 Å². The molecule has 4 fully saturated rings. The molecule has 0 saturated carbocycles. The summed E-state index contributed by atoms with van der Waals surface area (Å²) < 4.78 is 30.2. The van der Waals surface area contributed by atoms with Crippen LogP contribution in [0.4, 0.5) is 0 Å². The highest BCUT2D eigenvalue weighted by Crippen LogP contribution is 2.68. The fourth-order valence-electron chi connectivity index (χ4n) is 6.52. The fourth-order valence-corrected chi connectivity index (χ4v) is 6.52. The van der Waals surface area contributed by atoms with Gasteiger partial charge in [-0.2, -0.15) is 0 Å². The molecule has 6 aliphatic rings. The summed E-state index contributed by atoms with van der Waals surface area (Å²) in [5.41, 5.74) is 2.08. The molecule has 0 bridgehead atoms. The van der Waals surface area contributed by atoms with Gasteiger partial charge in [-0.15, -0.1) is 13.2 Å². The molecule has 4 N–H and O–H groups in total. The van der Waals surface area contributed by atoms with Crippen molar-refractivity contribution in [2.75, 3.05) is 26.4 Å². The smallest absolute Gasteiger partial charge is 0.215 e. The molecule has 4 aliphatic heterocycles. The Bertz CT molecular complexity index is 1040. The van der Waals surface area contributed by atoms with Crippen LogP contribution in [0.1, 0.15) is 25.7 Å². The van der Waals surface area contributed by atoms with Crippen LogP contribution >= 0.6 is 0 Å². The molecular weight excluding hydrogens is 480 g/mol. The van der Waals surface area contributed by atoms with Crippen molar-refractivity contribution in [3.8, 4) is 0 Å². The molecule has 6 rings (SSSR count). The van der Waals surface area contributed by atoms with Crippen LogP contribution in [0, 0.1) is 10.8 Å². The van der Waals surface area contributed by atoms with Crippen molar-refractivity contribution in [1.29, 1.82) is 0 Å². The summed E-state index contributed by atoms with van der Waals surface area (Å²) in [4.78, 5) is 0. The van der Waals surface area contributed by atoms with Crippen molar-refractivity contribution in [3.63, 3.8) is 0 Å². The minimum atomic E-state index is -0.981. The van der Waals surface area contributed by atoms with Crippen molar-refractivity contribution >= 4 is 0 Å². The fraction of sp³-hybridized carbons (Fsp3) is 0.571. The van der Waals surface area contributed by atoms with Gasteiger partial charge in [0.1, 0.15) is 0 Å². The lowest BCUT2D eigenvalue weighted by Crippen LogP contribution is -2.61. The molecule has 200 valence electrons. The molecule has 37 heavy (non-hydrogen) atoms. The Morgan fingerprint density at radius 2 is 1.19 bits per heavy atom. The monoisotopic (exact) mass is 514 g/mol. The second kappa shape index (κ2) is 8.81. The maximum atomic E-state index is 10.4. The molecule has 8 atom stereocenters. The van der Waals surface area contributed by atoms with Gasteiger partial charge in [0.05, 0.1) is 37.3 Å². The Balaban J connectivity index is 1.09. The van der Waals surface area contributed by atoms with Crippen LogP contribution in [-0.4, -0.2) is 83.2 Å². The summed E-state index contributed by atoms with van der Waals surface area (Å²) in [5.74, 6) is -1.96. The van der Waals surface area contributed by atoms with E-state index in [1.165, 1.54) is 0 Å². The SMILES string of the molecule is C=CCC1=C(CO)C=CC(CO)(C23OC(OC4OC5(C6(CO)C=CC(CO)=C(CC=C)C6)OC45)C2O3)C1. The van der Waals surface area contributed by atoms with E-state index in [9.17, 15) is 20.4 Å². The number of ether oxygens (including phenoxy) is 5. The average Bonchev–Trinajstić information content (AvgIpc) is 3.75. The molecule has 8 unspecified atom stereocenters. The Hall–Kier alpha value is -1.92. The minimum Gasteiger partial charge on any atom is -0.395 e. The van der Waals surface area contributed by atoms with E-state index in [4.69, 9.17) is 23.7 Å². The summed E-state index contributed by atoms with van der Waals surface area (Å²) in [6.45, 7) is 7.08. The van der Waals surface area contributed by atoms with Gasteiger partial charge in [0.2, 0.25) is 11.6 Å². The van der Waals surface area contributed by atoms with Gasteiger partial charge in [-0.1, -0.05) is 47.6 Å². The van der Waals surface area contributed by atoms with Gasteiger partial charge in [-0.05, 0) is 36.8 Å². The molecule has 4 heterocycles. The van der Waals surface area contributed by atoms with Gasteiger partial charge in [0.15, 0.2) is 24.8 Å². The third-order valence-corrected chi connectivity index (χ3v) is 8.83. The zero-order valence-corrected chi connectivity index (χ0v) is 20.7. The predicted molar refractivity (Wildman–Crippen MR) is 130 cm³/mol. The van der Waals surface area contributed by atoms with Crippen LogP contribution in [0.3, 0.4) is 0 Å². The number of allylic oxidation sites excluding steroid dienone is 4. The number of aliphatic hydroxyl groups is 4. The van der Waals surface area contributed by atoms with Gasteiger partial charge in [-0.3, -0.25) is 0 Å². The lowest BCUT2D eigenvalue weighted by atomic mass is 9.69. The summed E-state index contributed by atoms with van der Waals surface area (Å²) in [6, 6.07) is 0. The number of fused-ring (bicyclic) bond motifs is 2. The molecule has 0 amide bonds. The summed E-state index contributed by atoms with van der Waals surface area (Å²) in [7, 11) is 0. The average molecular weight is 515 g/mol. The largest absolute Gasteiger partial charge is 0.395 e. The number of hydrogen-bond acceptors (Lipinski definition) is 9. The van der Waals surface area contributed by atoms with E-state index in [0.29, 0.717) is 25.7 Å². The summed E-state index contributed by atoms with van der Waals surface area (Å²) >= 11 is 0. The second-order valence-corrected chi connectivity index (χ2v) is 10.7. The highest BCUT2D eigenvalue weighted by atomic mass is 17.0. The number of epoxide rings is 2. The topological polar surface area (TPSA) is 134 Å². The van der Waals surface area contributed by atoms with E-state index in [0.717, 1.165) is 22.3 Å². The first-order valence-electron chi connectivity index (χ1n) is 12.7. The molecule has 0 radical (unpaired) electrons. The Labute approximate surface area is 215 Å². The maximum absolute atomic E-state index is 10.4.